The Morgan fingerprint density at radius 2 is 0.672 bits per heavy atom. The van der Waals surface area contributed by atoms with Gasteiger partial charge in [0.05, 0.1) is 32.0 Å². The van der Waals surface area contributed by atoms with Gasteiger partial charge in [0.1, 0.15) is 17.4 Å². The highest BCUT2D eigenvalue weighted by atomic mass is 35.5. The maximum Gasteiger partial charge on any atom is 0.409 e. The molecule has 0 aliphatic heterocycles. The van der Waals surface area contributed by atoms with Crippen LogP contribution in [0.2, 0.25) is 0 Å². The number of ketones is 6. The summed E-state index contributed by atoms with van der Waals surface area (Å²) in [5, 5.41) is 12.4. The van der Waals surface area contributed by atoms with Crippen LogP contribution in [0.3, 0.4) is 0 Å². The predicted octanol–water partition coefficient (Wildman–Crippen LogP) is 20.7. The fourth-order valence-electron chi connectivity index (χ4n) is 8.82. The van der Waals surface area contributed by atoms with Crippen molar-refractivity contribution in [2.24, 2.45) is 0 Å². The van der Waals surface area contributed by atoms with Gasteiger partial charge in [-0.05, 0) is 198 Å². The van der Waals surface area contributed by atoms with Crippen LogP contribution in [0, 0.1) is 6.92 Å². The highest BCUT2D eigenvalue weighted by Gasteiger charge is 2.25. The average Bonchev–Trinajstić information content (AvgIpc) is 0.954. The van der Waals surface area contributed by atoms with Crippen molar-refractivity contribution in [2.45, 2.75) is 159 Å². The van der Waals surface area contributed by atoms with Crippen LogP contribution in [0.25, 0.3) is 0 Å². The number of anilines is 6. The number of aromatic nitrogens is 6. The summed E-state index contributed by atoms with van der Waals surface area (Å²) in [4.78, 5) is 91.9. The van der Waals surface area contributed by atoms with E-state index in [4.69, 9.17) is 18.9 Å². The third kappa shape index (κ3) is 65.1. The molecule has 0 unspecified atom stereocenters. The molecule has 0 aliphatic rings. The number of nitrogens with zero attached hydrogens (tertiary/aromatic N) is 6. The Balaban J connectivity index is 0.000000732. The fourth-order valence-corrected chi connectivity index (χ4v) is 9.36. The van der Waals surface area contributed by atoms with Gasteiger partial charge in [0.15, 0.2) is 34.7 Å². The first kappa shape index (κ1) is 109. The monoisotopic (exact) mass is 1790 g/mol. The lowest BCUT2D eigenvalue weighted by molar-refractivity contribution is -0.116. The van der Waals surface area contributed by atoms with Gasteiger partial charge >= 0.3 is 23.1 Å². The first-order chi connectivity index (χ1) is 57.4. The number of carbonyl (C=O) groups excluding carboxylic acids is 6. The smallest absolute Gasteiger partial charge is 0.409 e. The molecule has 122 heavy (non-hydrogen) atoms. The Bertz CT molecular complexity index is 3940. The zero-order chi connectivity index (χ0) is 91.5. The molecule has 0 saturated carbocycles. The molecule has 0 amide bonds. The molecular weight excluding hydrogens is 1690 g/mol. The quantitative estimate of drug-likeness (QED) is 0.00680. The van der Waals surface area contributed by atoms with Crippen LogP contribution in [0.5, 0.6) is 23.4 Å². The predicted molar refractivity (Wildman–Crippen MR) is 448 cm³/mol. The molecule has 0 radical (unpaired) electrons. The Morgan fingerprint density at radius 1 is 0.377 bits per heavy atom. The Morgan fingerprint density at radius 3 is 0.992 bits per heavy atom. The lowest BCUT2D eigenvalue weighted by Gasteiger charge is -2.07. The van der Waals surface area contributed by atoms with E-state index >= 15 is 0 Å². The number of hydrogen-bond donors (Lipinski definition) is 6. The molecule has 0 saturated heterocycles. The second-order valence-electron chi connectivity index (χ2n) is 25.4. The summed E-state index contributed by atoms with van der Waals surface area (Å²) in [5.74, 6) is -4.73. The van der Waals surface area contributed by atoms with Crippen molar-refractivity contribution in [1.82, 2.24) is 29.9 Å². The molecule has 22 nitrogen and oxygen atoms in total. The number of aryl methyl sites for hydroxylation is 1. The molecular formula is C83H102Cl2F14N12O10S. The minimum Gasteiger partial charge on any atom is -0.494 e. The number of ether oxygens (including phenoxy) is 4. The molecule has 0 aliphatic carbocycles. The number of thioether (sulfide) groups is 1. The van der Waals surface area contributed by atoms with E-state index in [9.17, 15) is 90.2 Å². The van der Waals surface area contributed by atoms with Crippen molar-refractivity contribution < 1.29 is 109 Å². The Labute approximate surface area is 714 Å². The van der Waals surface area contributed by atoms with E-state index in [1.54, 1.807) is 91.8 Å². The van der Waals surface area contributed by atoms with Crippen LogP contribution in [-0.4, -0.2) is 172 Å². The molecule has 0 bridgehead atoms. The van der Waals surface area contributed by atoms with Crippen molar-refractivity contribution in [3.63, 3.8) is 0 Å². The van der Waals surface area contributed by atoms with E-state index in [1.165, 1.54) is 18.9 Å². The summed E-state index contributed by atoms with van der Waals surface area (Å²) < 4.78 is 191. The number of alkyl halides is 16. The minimum absolute atomic E-state index is 0.0314. The van der Waals surface area contributed by atoms with Gasteiger partial charge in [-0.2, -0.15) is 43.9 Å². The zero-order valence-corrected chi connectivity index (χ0v) is 70.7. The largest absolute Gasteiger partial charge is 0.494 e. The lowest BCUT2D eigenvalue weighted by atomic mass is 10.2. The van der Waals surface area contributed by atoms with Crippen LogP contribution in [0.15, 0.2) is 188 Å². The number of carbonyl (C=O) groups is 6. The second kappa shape index (κ2) is 60.7. The summed E-state index contributed by atoms with van der Waals surface area (Å²) in [6, 6.07) is 21.5. The highest BCUT2D eigenvalue weighted by Crippen LogP contribution is 2.25. The molecule has 0 atom stereocenters. The second-order valence-corrected chi connectivity index (χ2v) is 27.2. The zero-order valence-electron chi connectivity index (χ0n) is 68.4. The molecule has 6 rings (SSSR count). The summed E-state index contributed by atoms with van der Waals surface area (Å²) in [7, 11) is 1.53. The third-order valence-electron chi connectivity index (χ3n) is 14.4. The standard InChI is InChI=1S/C15H20F2N2O2.C14H17ClF2N2O2.C14H17F3N2O2.C14H18F2N2O2.C13H15ClF2N2O.C13H15F3N2OS/c1-3-21-14-11-12(7-10-19-14)18-9-4-5-13(20)6-8-15(2,16)17;1-2-21-12-6-9-19-13(10-12)18-8-3-4-11(20)5-7-14(15,16)17;1-2-21-13-10-11(6-9-19-13)18-8-3-4-12(20)5-7-14(15,16)17;1-14(15,16)7-5-12(19)4-3-8-17-11-6-9-18-13(10-11)20-2;1-10-5-8-18-12(9-10)17-7-2-3-11(19)4-6-13(14,15)16;1-20-12-9-10(5-8-18-12)17-7-2-3-11(19)4-6-13(14,15)16/h6-8,10-11H,3-5,9H2,1-2H3,(H,18,19);2*5-7,9-10H,2-4,8H2,1H3,(H,18,19);5-7,9-10H,3-4,8H2,1-2H3,(H,17,18);4-6,8-9H,2-3,7H2,1H3,(H,17,18);4-6,8-9H,2-3,7H2,1H3,(H,17,18)/b8-6+;3*7-5+;2*6-4+. The molecule has 6 heterocycles. The number of nitrogens with one attached hydrogen (secondary N) is 6. The van der Waals surface area contributed by atoms with Gasteiger partial charge < -0.3 is 50.8 Å². The SMILES string of the molecule is CCOc1cc(NCCCC(=O)/C=C/C(C)(F)F)ccn1.CCOc1cc(NCCCC(=O)/C=C/C(F)(F)F)ccn1.CCOc1ccnc(NCCCC(=O)/C=C/C(F)(F)Cl)c1.COc1cc(NCCCC(=O)/C=C/C(C)(F)F)ccn1.CSc1cc(NCCCC(=O)/C=C/C(F)(F)F)ccn1.Cc1ccnc(NCCCC(=O)/C=C/C(F)(F)Cl)c1. The lowest BCUT2D eigenvalue weighted by Crippen LogP contribution is -2.07. The summed E-state index contributed by atoms with van der Waals surface area (Å²) >= 11 is 10.8. The Hall–Kier alpha value is -10.7. The summed E-state index contributed by atoms with van der Waals surface area (Å²) in [6.07, 6.45) is 13.4. The van der Waals surface area contributed by atoms with Gasteiger partial charge in [0, 0.05) is 200 Å². The highest BCUT2D eigenvalue weighted by molar-refractivity contribution is 7.98. The van der Waals surface area contributed by atoms with E-state index in [1.807, 2.05) is 52.1 Å². The fraction of sp³-hybridized carbons (Fsp3) is 0.422. The average molecular weight is 1800 g/mol. The van der Waals surface area contributed by atoms with Crippen molar-refractivity contribution in [3.8, 4) is 23.4 Å². The van der Waals surface area contributed by atoms with E-state index < -0.39 is 52.3 Å². The number of allylic oxidation sites excluding steroid dienone is 12. The number of halogens is 16. The molecule has 0 spiro atoms. The molecule has 6 aromatic heterocycles. The number of methoxy groups -OCH3 is 1. The summed E-state index contributed by atoms with van der Waals surface area (Å²) in [5.41, 5.74) is 4.42. The molecule has 39 heteroatoms. The molecule has 6 N–H and O–H groups in total. The molecule has 672 valence electrons. The van der Waals surface area contributed by atoms with Crippen molar-refractivity contribution in [2.75, 3.05) is 104 Å². The normalized spacial score (nSPS) is 11.7. The van der Waals surface area contributed by atoms with Gasteiger partial charge in [-0.1, -0.05) is 0 Å². The van der Waals surface area contributed by atoms with Crippen molar-refractivity contribution in [3.05, 3.63) is 188 Å². The van der Waals surface area contributed by atoms with Crippen LogP contribution >= 0.6 is 35.0 Å². The van der Waals surface area contributed by atoms with E-state index in [0.29, 0.717) is 163 Å². The topological polar surface area (TPSA) is 289 Å². The Kier molecular flexibility index (Phi) is 54.4. The van der Waals surface area contributed by atoms with E-state index in [0.717, 1.165) is 77.3 Å². The van der Waals surface area contributed by atoms with E-state index in [2.05, 4.69) is 85.0 Å². The number of rotatable bonds is 48. The maximum absolute atomic E-state index is 12.5. The van der Waals surface area contributed by atoms with Crippen molar-refractivity contribution in [1.29, 1.82) is 0 Å². The third-order valence-corrected chi connectivity index (χ3v) is 15.3. The van der Waals surface area contributed by atoms with E-state index in [-0.39, 0.29) is 68.0 Å². The van der Waals surface area contributed by atoms with Gasteiger partial charge in [-0.25, -0.2) is 47.5 Å². The van der Waals surface area contributed by atoms with Gasteiger partial charge in [-0.3, -0.25) is 28.8 Å². The number of hydrogen-bond acceptors (Lipinski definition) is 23. The molecule has 0 fully saturated rings. The number of pyridine rings is 6. The van der Waals surface area contributed by atoms with Crippen molar-refractivity contribution >= 4 is 104 Å². The first-order valence-corrected chi connectivity index (χ1v) is 39.8. The van der Waals surface area contributed by atoms with Gasteiger partial charge in [-0.15, -0.1) is 11.8 Å². The van der Waals surface area contributed by atoms with Crippen LogP contribution in [0.1, 0.15) is 117 Å². The van der Waals surface area contributed by atoms with Crippen LogP contribution in [-0.2, 0) is 28.8 Å². The first-order valence-electron chi connectivity index (χ1n) is 37.9. The minimum atomic E-state index is -4.44. The molecule has 6 aromatic rings. The summed E-state index contributed by atoms with van der Waals surface area (Å²) in [6.45, 7) is 13.8. The van der Waals surface area contributed by atoms with Crippen LogP contribution < -0.4 is 50.8 Å². The van der Waals surface area contributed by atoms with Gasteiger partial charge in [0.2, 0.25) is 17.6 Å². The van der Waals surface area contributed by atoms with Crippen LogP contribution in [0.4, 0.5) is 95.9 Å². The molecule has 0 aromatic carbocycles. The van der Waals surface area contributed by atoms with Gasteiger partial charge in [0.25, 0.3) is 11.8 Å². The maximum atomic E-state index is 12.5.